The first-order valence-corrected chi connectivity index (χ1v) is 36.8. The number of aliphatic imine (C=N–C) groups is 1. The predicted molar refractivity (Wildman–Crippen MR) is 425 cm³/mol. The van der Waals surface area contributed by atoms with E-state index in [9.17, 15) is 0 Å². The van der Waals surface area contributed by atoms with Crippen LogP contribution in [0.15, 0.2) is 265 Å². The molecule has 6 heteroatoms. The van der Waals surface area contributed by atoms with Gasteiger partial charge in [-0.3, -0.25) is 4.99 Å². The lowest BCUT2D eigenvalue weighted by molar-refractivity contribution is -0.433. The quantitative estimate of drug-likeness (QED) is 0.0401. The van der Waals surface area contributed by atoms with Crippen LogP contribution in [0, 0.1) is 0 Å². The fraction of sp³-hybridized carbons (Fsp3) is 0.250. The van der Waals surface area contributed by atoms with Crippen LogP contribution in [0.1, 0.15) is 134 Å². The van der Waals surface area contributed by atoms with Crippen molar-refractivity contribution < 1.29 is 4.58 Å². The SMILES string of the molecule is CCN1C(=CC=C2C(=[S+]CCN=C3/C(=C/C=C4N(CC)c5ccc6ccccc6c5C4(C)C)c4ccccc4C3/C=C\C3=[N+](CC)c4ccc5ccccc5c4C3(C)C)C(=CC=C3N(CC)c4ccc5ccccc5c4C3(C)C)c3ccccc32)C(C)(C)c2c1ccc1ccccc21. The third-order valence-electron chi connectivity index (χ3n) is 22.7. The molecule has 0 amide bonds. The van der Waals surface area contributed by atoms with Crippen LogP contribution in [0.5, 0.6) is 0 Å². The minimum atomic E-state index is -0.248. The largest absolute Gasteiger partial charge is 0.344 e. The second-order valence-electron chi connectivity index (χ2n) is 29.4. The van der Waals surface area contributed by atoms with Gasteiger partial charge in [0.2, 0.25) is 10.6 Å². The Morgan fingerprint density at radius 1 is 0.408 bits per heavy atom. The average molecular weight is 1300 g/mol. The van der Waals surface area contributed by atoms with Crippen molar-refractivity contribution in [3.8, 4) is 0 Å². The second-order valence-corrected chi connectivity index (χ2v) is 30.5. The van der Waals surface area contributed by atoms with Crippen LogP contribution < -0.4 is 14.7 Å². The number of anilines is 3. The summed E-state index contributed by atoms with van der Waals surface area (Å²) in [6, 6.07) is 72.6. The number of fused-ring (bicyclic) bond motifs is 14. The van der Waals surface area contributed by atoms with Gasteiger partial charge in [-0.2, -0.15) is 4.58 Å². The van der Waals surface area contributed by atoms with E-state index < -0.39 is 0 Å². The highest BCUT2D eigenvalue weighted by atomic mass is 32.1. The van der Waals surface area contributed by atoms with Gasteiger partial charge in [0.05, 0.1) is 17.7 Å². The van der Waals surface area contributed by atoms with E-state index in [2.05, 4.69) is 345 Å². The summed E-state index contributed by atoms with van der Waals surface area (Å²) in [6.07, 6.45) is 19.7. The Labute approximate surface area is 584 Å². The van der Waals surface area contributed by atoms with Crippen LogP contribution in [0.4, 0.5) is 22.7 Å². The van der Waals surface area contributed by atoms with Gasteiger partial charge < -0.3 is 14.7 Å². The number of rotatable bonds is 12. The molecule has 1 unspecified atom stereocenters. The first-order valence-electron chi connectivity index (χ1n) is 35.8. The maximum Gasteiger partial charge on any atom is 0.240 e. The molecule has 16 rings (SSSR count). The Morgan fingerprint density at radius 3 is 1.23 bits per heavy atom. The molecule has 0 spiro atoms. The van der Waals surface area contributed by atoms with Crippen molar-refractivity contribution in [1.29, 1.82) is 0 Å². The lowest BCUT2D eigenvalue weighted by Crippen LogP contribution is -2.28. The van der Waals surface area contributed by atoms with E-state index in [0.29, 0.717) is 6.54 Å². The summed E-state index contributed by atoms with van der Waals surface area (Å²) < 4.78 is 2.55. The molecular weight excluding hydrogens is 1210 g/mol. The molecule has 0 bridgehead atoms. The molecule has 4 heterocycles. The van der Waals surface area contributed by atoms with E-state index in [4.69, 9.17) is 4.99 Å². The standard InChI is InChI=1S/C92H89N5S/c1-13-94-75-49-41-59-29-17-21-33-63(59)83(75)89(5,6)79(94)53-45-71-67-37-25-26-38-68(67)72(46-54-80-90(7,8)84-64-34-22-18-30-60(64)42-50-76(84)95(80)14-2)87(71)93-57-58-98-88-73(47-55-81-91(9,10)85-65-35-23-19-31-61(65)43-51-77(85)96(81)15-3)69-39-27-28-40-70(69)74(88)48-56-82-92(11,12)86-66-36-24-20-32-62(66)44-52-78(86)97(82)16-4/h17-56,71H,13-16,57-58H2,1-12H3/q+2/b53-45-,72-46+,73-47?,74-48?,80-54?,81-55?,82-56?,93-87?. The summed E-state index contributed by atoms with van der Waals surface area (Å²) >= 11 is 1.96. The second kappa shape index (κ2) is 24.1. The molecule has 2 aliphatic carbocycles. The number of likely N-dealkylation sites (N-methyl/N-ethyl adjacent to an activating group) is 3. The summed E-state index contributed by atoms with van der Waals surface area (Å²) in [5, 5.41) is 10.4. The van der Waals surface area contributed by atoms with E-state index in [-0.39, 0.29) is 27.6 Å². The van der Waals surface area contributed by atoms with Crippen molar-refractivity contribution in [2.24, 2.45) is 4.99 Å². The van der Waals surface area contributed by atoms with Gasteiger partial charge in [-0.25, -0.2) is 0 Å². The number of allylic oxidation sites excluding steroid dienone is 14. The Morgan fingerprint density at radius 2 is 0.796 bits per heavy atom. The highest BCUT2D eigenvalue weighted by Crippen LogP contribution is 2.55. The minimum Gasteiger partial charge on any atom is -0.344 e. The van der Waals surface area contributed by atoms with Crippen molar-refractivity contribution in [1.82, 2.24) is 0 Å². The molecule has 0 radical (unpaired) electrons. The highest BCUT2D eigenvalue weighted by Gasteiger charge is 2.48. The first-order chi connectivity index (χ1) is 47.5. The smallest absolute Gasteiger partial charge is 0.240 e. The van der Waals surface area contributed by atoms with Gasteiger partial charge in [0.25, 0.3) is 0 Å². The molecule has 0 fully saturated rings. The monoisotopic (exact) mass is 1300 g/mol. The van der Waals surface area contributed by atoms with E-state index >= 15 is 0 Å². The molecule has 0 saturated carbocycles. The van der Waals surface area contributed by atoms with Gasteiger partial charge in [0.15, 0.2) is 22.8 Å². The normalized spacial score (nSPS) is 21.3. The lowest BCUT2D eigenvalue weighted by Gasteiger charge is -2.26. The van der Waals surface area contributed by atoms with E-state index in [1.807, 2.05) is 11.4 Å². The summed E-state index contributed by atoms with van der Waals surface area (Å²) in [6.45, 7) is 32.7. The maximum absolute atomic E-state index is 5.98. The fourth-order valence-corrected chi connectivity index (χ4v) is 19.4. The average Bonchev–Trinajstić information content (AvgIpc) is 1.58. The summed E-state index contributed by atoms with van der Waals surface area (Å²) in [4.78, 5) is 14.9. The lowest BCUT2D eigenvalue weighted by atomic mass is 9.78. The number of hydrogen-bond acceptors (Lipinski definition) is 4. The molecule has 0 N–H and O–H groups in total. The molecule has 4 aliphatic heterocycles. The molecule has 5 nitrogen and oxygen atoms in total. The van der Waals surface area contributed by atoms with Crippen LogP contribution in [0.2, 0.25) is 0 Å². The molecule has 10 aromatic carbocycles. The zero-order chi connectivity index (χ0) is 67.6. The Kier molecular flexibility index (Phi) is 15.5. The van der Waals surface area contributed by atoms with Crippen LogP contribution in [0.25, 0.3) is 59.8 Å². The molecule has 6 aliphatic rings. The fourth-order valence-electron chi connectivity index (χ4n) is 18.3. The zero-order valence-corrected chi connectivity index (χ0v) is 59.9. The van der Waals surface area contributed by atoms with Gasteiger partial charge in [0, 0.05) is 110 Å². The molecule has 0 saturated heterocycles. The van der Waals surface area contributed by atoms with E-state index in [0.717, 1.165) is 37.6 Å². The topological polar surface area (TPSA) is 25.1 Å². The zero-order valence-electron chi connectivity index (χ0n) is 59.1. The van der Waals surface area contributed by atoms with Crippen molar-refractivity contribution >= 4 is 110 Å². The van der Waals surface area contributed by atoms with Gasteiger partial charge in [0.1, 0.15) is 6.54 Å². The van der Waals surface area contributed by atoms with Crippen molar-refractivity contribution in [3.05, 3.63) is 304 Å². The molecule has 486 valence electrons. The third kappa shape index (κ3) is 9.62. The summed E-state index contributed by atoms with van der Waals surface area (Å²) in [7, 11) is 0. The van der Waals surface area contributed by atoms with E-state index in [1.54, 1.807) is 0 Å². The van der Waals surface area contributed by atoms with Gasteiger partial charge in [-0.15, -0.1) is 0 Å². The van der Waals surface area contributed by atoms with Crippen molar-refractivity contribution in [3.63, 3.8) is 0 Å². The Bertz CT molecular complexity index is 5190. The number of hydrogen-bond donors (Lipinski definition) is 0. The number of nitrogens with zero attached hydrogens (tertiary/aromatic N) is 5. The first kappa shape index (κ1) is 63.0. The Balaban J connectivity index is 0.849. The van der Waals surface area contributed by atoms with Gasteiger partial charge >= 0.3 is 0 Å². The van der Waals surface area contributed by atoms with Crippen LogP contribution in [-0.2, 0) is 33.0 Å². The van der Waals surface area contributed by atoms with Gasteiger partial charge in [-0.05, 0) is 178 Å². The Hall–Kier alpha value is -9.75. The van der Waals surface area contributed by atoms with Crippen LogP contribution in [0.3, 0.4) is 0 Å². The predicted octanol–water partition coefficient (Wildman–Crippen LogP) is 21.7. The molecule has 0 aromatic heterocycles. The molecule has 98 heavy (non-hydrogen) atoms. The number of benzene rings is 10. The summed E-state index contributed by atoms with van der Waals surface area (Å²) in [5.74, 6) is 0.699. The molecule has 10 aromatic rings. The maximum atomic E-state index is 5.98. The van der Waals surface area contributed by atoms with E-state index in [1.165, 1.54) is 155 Å². The van der Waals surface area contributed by atoms with Gasteiger partial charge in [-0.1, -0.05) is 217 Å². The van der Waals surface area contributed by atoms with Crippen molar-refractivity contribution in [2.75, 3.05) is 53.2 Å². The highest BCUT2D eigenvalue weighted by molar-refractivity contribution is 7.81. The van der Waals surface area contributed by atoms with Crippen LogP contribution in [-0.4, -0.2) is 59.3 Å². The van der Waals surface area contributed by atoms with Crippen molar-refractivity contribution in [2.45, 2.75) is 111 Å². The minimum absolute atomic E-state index is 0.0779. The molecule has 1 atom stereocenters. The van der Waals surface area contributed by atoms with Crippen LogP contribution >= 0.6 is 0 Å². The third-order valence-corrected chi connectivity index (χ3v) is 23.8. The summed E-state index contributed by atoms with van der Waals surface area (Å²) in [5.41, 5.74) is 25.0. The molecular formula is C92H89N5S+2.